The molecule has 0 aliphatic carbocycles. The highest BCUT2D eigenvalue weighted by Crippen LogP contribution is 2.39. The number of ether oxygens (including phenoxy) is 1. The number of hydrogen-bond acceptors (Lipinski definition) is 2. The van der Waals surface area contributed by atoms with Gasteiger partial charge in [-0.05, 0) is 29.4 Å². The van der Waals surface area contributed by atoms with E-state index in [2.05, 4.69) is 39.0 Å². The fourth-order valence-corrected chi connectivity index (χ4v) is 3.03. The van der Waals surface area contributed by atoms with Crippen molar-refractivity contribution in [2.75, 3.05) is 7.11 Å². The van der Waals surface area contributed by atoms with Gasteiger partial charge in [0.2, 0.25) is 0 Å². The van der Waals surface area contributed by atoms with Crippen LogP contribution in [0.5, 0.6) is 5.75 Å². The van der Waals surface area contributed by atoms with Crippen molar-refractivity contribution in [2.45, 2.75) is 32.6 Å². The summed E-state index contributed by atoms with van der Waals surface area (Å²) < 4.78 is 6.66. The van der Waals surface area contributed by atoms with Crippen LogP contribution in [-0.2, 0) is 5.41 Å². The van der Waals surface area contributed by atoms with Gasteiger partial charge in [-0.25, -0.2) is 0 Å². The number of fused-ring (bicyclic) bond motifs is 1. The number of hydrogen-bond donors (Lipinski definition) is 0. The first kappa shape index (κ1) is 11.5. The predicted molar refractivity (Wildman–Crippen MR) is 71.7 cm³/mol. The van der Waals surface area contributed by atoms with Crippen molar-refractivity contribution >= 4 is 21.4 Å². The molecule has 16 heavy (non-hydrogen) atoms. The van der Waals surface area contributed by atoms with E-state index in [1.54, 1.807) is 7.11 Å². The SMILES string of the molecule is CCC(C)(C)c1cc2cccc(OC)c2s1. The summed E-state index contributed by atoms with van der Waals surface area (Å²) in [6, 6.07) is 8.54. The Morgan fingerprint density at radius 3 is 2.69 bits per heavy atom. The molecular formula is C14H18OS. The lowest BCUT2D eigenvalue weighted by Gasteiger charge is -2.20. The van der Waals surface area contributed by atoms with Crippen LogP contribution in [0.25, 0.3) is 10.1 Å². The summed E-state index contributed by atoms with van der Waals surface area (Å²) in [7, 11) is 1.74. The molecule has 0 unspecified atom stereocenters. The van der Waals surface area contributed by atoms with Crippen LogP contribution in [0.2, 0.25) is 0 Å². The Morgan fingerprint density at radius 2 is 2.06 bits per heavy atom. The highest BCUT2D eigenvalue weighted by atomic mass is 32.1. The average Bonchev–Trinajstić information content (AvgIpc) is 2.73. The summed E-state index contributed by atoms with van der Waals surface area (Å²) in [5, 5.41) is 1.29. The van der Waals surface area contributed by atoms with Gasteiger partial charge in [0.15, 0.2) is 0 Å². The molecule has 2 aromatic rings. The lowest BCUT2D eigenvalue weighted by Crippen LogP contribution is -2.12. The Morgan fingerprint density at radius 1 is 1.31 bits per heavy atom. The number of thiophene rings is 1. The van der Waals surface area contributed by atoms with Gasteiger partial charge in [0, 0.05) is 4.88 Å². The third-order valence-corrected chi connectivity index (χ3v) is 4.81. The minimum atomic E-state index is 0.259. The van der Waals surface area contributed by atoms with Crippen LogP contribution < -0.4 is 4.74 Å². The van der Waals surface area contributed by atoms with Crippen molar-refractivity contribution in [2.24, 2.45) is 0 Å². The minimum absolute atomic E-state index is 0.259. The maximum atomic E-state index is 5.40. The molecule has 0 saturated carbocycles. The molecule has 0 bridgehead atoms. The second kappa shape index (κ2) is 4.10. The predicted octanol–water partition coefficient (Wildman–Crippen LogP) is 4.60. The van der Waals surface area contributed by atoms with E-state index in [0.717, 1.165) is 12.2 Å². The third kappa shape index (κ3) is 1.82. The van der Waals surface area contributed by atoms with Gasteiger partial charge in [0.1, 0.15) is 5.75 Å². The molecule has 0 fully saturated rings. The average molecular weight is 234 g/mol. The van der Waals surface area contributed by atoms with Gasteiger partial charge in [-0.2, -0.15) is 0 Å². The van der Waals surface area contributed by atoms with E-state index in [1.165, 1.54) is 15.0 Å². The summed E-state index contributed by atoms with van der Waals surface area (Å²) in [6.07, 6.45) is 1.15. The van der Waals surface area contributed by atoms with Crippen molar-refractivity contribution in [3.63, 3.8) is 0 Å². The number of benzene rings is 1. The topological polar surface area (TPSA) is 9.23 Å². The molecule has 0 saturated heterocycles. The Bertz CT molecular complexity index is 496. The molecule has 0 radical (unpaired) electrons. The first-order valence-electron chi connectivity index (χ1n) is 5.65. The maximum Gasteiger partial charge on any atom is 0.136 e. The lowest BCUT2D eigenvalue weighted by atomic mass is 9.88. The third-order valence-electron chi connectivity index (χ3n) is 3.28. The van der Waals surface area contributed by atoms with Crippen LogP contribution >= 0.6 is 11.3 Å². The van der Waals surface area contributed by atoms with E-state index in [4.69, 9.17) is 4.74 Å². The molecule has 2 heteroatoms. The zero-order valence-electron chi connectivity index (χ0n) is 10.3. The molecule has 0 N–H and O–H groups in total. The second-order valence-electron chi connectivity index (χ2n) is 4.73. The standard InChI is InChI=1S/C14H18OS/c1-5-14(2,3)12-9-10-7-6-8-11(15-4)13(10)16-12/h6-9H,5H2,1-4H3. The van der Waals surface area contributed by atoms with E-state index < -0.39 is 0 Å². The van der Waals surface area contributed by atoms with Crippen LogP contribution in [0.15, 0.2) is 24.3 Å². The van der Waals surface area contributed by atoms with Gasteiger partial charge in [0.05, 0.1) is 11.8 Å². The molecule has 0 atom stereocenters. The summed E-state index contributed by atoms with van der Waals surface area (Å²) in [4.78, 5) is 1.44. The first-order chi connectivity index (χ1) is 7.58. The molecule has 1 heterocycles. The van der Waals surface area contributed by atoms with Crippen LogP contribution in [0.3, 0.4) is 0 Å². The second-order valence-corrected chi connectivity index (χ2v) is 5.78. The molecule has 0 aliphatic heterocycles. The van der Waals surface area contributed by atoms with Crippen molar-refractivity contribution in [3.05, 3.63) is 29.1 Å². The van der Waals surface area contributed by atoms with Gasteiger partial charge in [0.25, 0.3) is 0 Å². The molecule has 0 amide bonds. The summed E-state index contributed by atoms with van der Waals surface area (Å²) in [5.74, 6) is 0.987. The van der Waals surface area contributed by atoms with E-state index in [0.29, 0.717) is 0 Å². The van der Waals surface area contributed by atoms with Crippen molar-refractivity contribution < 1.29 is 4.74 Å². The van der Waals surface area contributed by atoms with Crippen LogP contribution in [0, 0.1) is 0 Å². The molecule has 0 spiro atoms. The van der Waals surface area contributed by atoms with Gasteiger partial charge in [-0.3, -0.25) is 0 Å². The zero-order chi connectivity index (χ0) is 11.8. The summed E-state index contributed by atoms with van der Waals surface area (Å²) in [5.41, 5.74) is 0.259. The van der Waals surface area contributed by atoms with Gasteiger partial charge < -0.3 is 4.74 Å². The monoisotopic (exact) mass is 234 g/mol. The molecular weight excluding hydrogens is 216 g/mol. The Hall–Kier alpha value is -1.02. The fourth-order valence-electron chi connectivity index (χ4n) is 1.70. The first-order valence-corrected chi connectivity index (χ1v) is 6.47. The number of rotatable bonds is 3. The lowest BCUT2D eigenvalue weighted by molar-refractivity contribution is 0.420. The molecule has 2 rings (SSSR count). The summed E-state index contributed by atoms with van der Waals surface area (Å²) in [6.45, 7) is 6.83. The van der Waals surface area contributed by atoms with Crippen molar-refractivity contribution in [1.82, 2.24) is 0 Å². The zero-order valence-corrected chi connectivity index (χ0v) is 11.1. The van der Waals surface area contributed by atoms with E-state index in [-0.39, 0.29) is 5.41 Å². The Balaban J connectivity index is 2.60. The molecule has 1 aromatic heterocycles. The Labute approximate surface area is 101 Å². The van der Waals surface area contributed by atoms with E-state index in [1.807, 2.05) is 17.4 Å². The fraction of sp³-hybridized carbons (Fsp3) is 0.429. The van der Waals surface area contributed by atoms with Crippen LogP contribution in [0.1, 0.15) is 32.1 Å². The summed E-state index contributed by atoms with van der Waals surface area (Å²) >= 11 is 1.85. The molecule has 1 nitrogen and oxygen atoms in total. The molecule has 0 aliphatic rings. The van der Waals surface area contributed by atoms with E-state index >= 15 is 0 Å². The van der Waals surface area contributed by atoms with Gasteiger partial charge >= 0.3 is 0 Å². The smallest absolute Gasteiger partial charge is 0.136 e. The quantitative estimate of drug-likeness (QED) is 0.754. The number of methoxy groups -OCH3 is 1. The Kier molecular flexibility index (Phi) is 2.94. The van der Waals surface area contributed by atoms with Crippen molar-refractivity contribution in [3.8, 4) is 5.75 Å². The van der Waals surface area contributed by atoms with Gasteiger partial charge in [-0.15, -0.1) is 11.3 Å². The molecule has 1 aromatic carbocycles. The van der Waals surface area contributed by atoms with Crippen LogP contribution in [-0.4, -0.2) is 7.11 Å². The highest BCUT2D eigenvalue weighted by Gasteiger charge is 2.21. The molecule has 86 valence electrons. The van der Waals surface area contributed by atoms with Crippen LogP contribution in [0.4, 0.5) is 0 Å². The van der Waals surface area contributed by atoms with Crippen molar-refractivity contribution in [1.29, 1.82) is 0 Å². The highest BCUT2D eigenvalue weighted by molar-refractivity contribution is 7.19. The van der Waals surface area contributed by atoms with Gasteiger partial charge in [-0.1, -0.05) is 32.9 Å². The normalized spacial score (nSPS) is 12.0. The van der Waals surface area contributed by atoms with E-state index in [9.17, 15) is 0 Å². The maximum absolute atomic E-state index is 5.40. The minimum Gasteiger partial charge on any atom is -0.495 e. The largest absolute Gasteiger partial charge is 0.495 e.